The summed E-state index contributed by atoms with van der Waals surface area (Å²) >= 11 is 0. The van der Waals surface area contributed by atoms with Gasteiger partial charge in [-0.05, 0) is 43.5 Å². The van der Waals surface area contributed by atoms with E-state index in [9.17, 15) is 9.90 Å². The summed E-state index contributed by atoms with van der Waals surface area (Å²) in [6.07, 6.45) is 3.69. The molecule has 1 aromatic rings. The summed E-state index contributed by atoms with van der Waals surface area (Å²) in [6.45, 7) is 1.98. The summed E-state index contributed by atoms with van der Waals surface area (Å²) in [7, 11) is 3.98. The number of aryl methyl sites for hydroxylation is 1. The van der Waals surface area contributed by atoms with Crippen LogP contribution in [0.4, 0.5) is 11.4 Å². The molecule has 0 heterocycles. The minimum Gasteiger partial charge on any atom is -0.389 e. The summed E-state index contributed by atoms with van der Waals surface area (Å²) in [5.41, 5.74) is 2.17. The molecule has 0 spiro atoms. The number of nitrogens with one attached hydrogen (secondary N) is 1. The number of hydrogen-bond acceptors (Lipinski definition) is 3. The van der Waals surface area contributed by atoms with Crippen molar-refractivity contribution in [3.05, 3.63) is 23.8 Å². The lowest BCUT2D eigenvalue weighted by atomic mass is 9.97. The highest BCUT2D eigenvalue weighted by molar-refractivity contribution is 5.92. The third kappa shape index (κ3) is 3.51. The van der Waals surface area contributed by atoms with E-state index in [1.165, 1.54) is 0 Å². The van der Waals surface area contributed by atoms with Gasteiger partial charge in [0, 0.05) is 25.5 Å². The van der Waals surface area contributed by atoms with Crippen LogP contribution in [0.2, 0.25) is 0 Å². The normalized spacial score (nSPS) is 17.0. The van der Waals surface area contributed by atoms with Crippen molar-refractivity contribution in [3.63, 3.8) is 0 Å². The van der Waals surface area contributed by atoms with Gasteiger partial charge in [0.15, 0.2) is 0 Å². The third-order valence-corrected chi connectivity index (χ3v) is 4.02. The van der Waals surface area contributed by atoms with Crippen LogP contribution in [0, 0.1) is 6.92 Å². The van der Waals surface area contributed by atoms with Crippen molar-refractivity contribution in [2.24, 2.45) is 0 Å². The van der Waals surface area contributed by atoms with Crippen LogP contribution in [0.25, 0.3) is 0 Å². The predicted octanol–water partition coefficient (Wildman–Crippen LogP) is 2.69. The van der Waals surface area contributed by atoms with Crippen LogP contribution in [0.15, 0.2) is 18.2 Å². The Morgan fingerprint density at radius 2 is 2.00 bits per heavy atom. The lowest BCUT2D eigenvalue weighted by Crippen LogP contribution is -2.30. The Labute approximate surface area is 120 Å². The minimum atomic E-state index is -0.790. The maximum Gasteiger partial charge on any atom is 0.227 e. The molecule has 1 aliphatic rings. The fourth-order valence-corrected chi connectivity index (χ4v) is 2.77. The van der Waals surface area contributed by atoms with E-state index in [1.54, 1.807) is 0 Å². The first-order chi connectivity index (χ1) is 9.39. The first kappa shape index (κ1) is 14.9. The number of amides is 1. The van der Waals surface area contributed by atoms with E-state index in [0.29, 0.717) is 0 Å². The zero-order valence-electron chi connectivity index (χ0n) is 12.6. The second kappa shape index (κ2) is 5.83. The van der Waals surface area contributed by atoms with Crippen LogP contribution in [0.1, 0.15) is 37.7 Å². The number of carbonyl (C=O) groups is 1. The highest BCUT2D eigenvalue weighted by Gasteiger charge is 2.33. The summed E-state index contributed by atoms with van der Waals surface area (Å²) < 4.78 is 0. The molecule has 20 heavy (non-hydrogen) atoms. The van der Waals surface area contributed by atoms with E-state index in [-0.39, 0.29) is 12.3 Å². The fraction of sp³-hybridized carbons (Fsp3) is 0.562. The molecule has 1 aliphatic carbocycles. The van der Waals surface area contributed by atoms with Crippen LogP contribution in [0.5, 0.6) is 0 Å². The molecule has 0 unspecified atom stereocenters. The second-order valence-electron chi connectivity index (χ2n) is 6.05. The summed E-state index contributed by atoms with van der Waals surface area (Å²) in [6, 6.07) is 5.94. The van der Waals surface area contributed by atoms with Gasteiger partial charge in [-0.25, -0.2) is 0 Å². The van der Waals surface area contributed by atoms with Crippen LogP contribution >= 0.6 is 0 Å². The number of nitrogens with zero attached hydrogens (tertiary/aromatic N) is 1. The zero-order valence-corrected chi connectivity index (χ0v) is 12.6. The SMILES string of the molecule is Cc1cc(N(C)C)ccc1NC(=O)CC1(O)CCCC1. The first-order valence-electron chi connectivity index (χ1n) is 7.20. The molecule has 0 saturated heterocycles. The molecule has 0 aromatic heterocycles. The summed E-state index contributed by atoms with van der Waals surface area (Å²) in [4.78, 5) is 14.1. The molecule has 2 N–H and O–H groups in total. The van der Waals surface area contributed by atoms with Crippen molar-refractivity contribution in [1.82, 2.24) is 0 Å². The Morgan fingerprint density at radius 3 is 2.55 bits per heavy atom. The van der Waals surface area contributed by atoms with Crippen molar-refractivity contribution in [2.75, 3.05) is 24.3 Å². The Kier molecular flexibility index (Phi) is 4.33. The number of carbonyl (C=O) groups excluding carboxylic acids is 1. The number of rotatable bonds is 4. The van der Waals surface area contributed by atoms with Crippen molar-refractivity contribution in [1.29, 1.82) is 0 Å². The topological polar surface area (TPSA) is 52.6 Å². The van der Waals surface area contributed by atoms with Crippen molar-refractivity contribution in [3.8, 4) is 0 Å². The fourth-order valence-electron chi connectivity index (χ4n) is 2.77. The van der Waals surface area contributed by atoms with Gasteiger partial charge in [-0.3, -0.25) is 4.79 Å². The van der Waals surface area contributed by atoms with Crippen molar-refractivity contribution in [2.45, 2.75) is 44.6 Å². The Balaban J connectivity index is 2.01. The molecule has 0 aliphatic heterocycles. The Morgan fingerprint density at radius 1 is 1.35 bits per heavy atom. The highest BCUT2D eigenvalue weighted by atomic mass is 16.3. The van der Waals surface area contributed by atoms with Gasteiger partial charge in [-0.15, -0.1) is 0 Å². The molecule has 0 atom stereocenters. The third-order valence-electron chi connectivity index (χ3n) is 4.02. The van der Waals surface area contributed by atoms with E-state index in [2.05, 4.69) is 5.32 Å². The molecule has 4 nitrogen and oxygen atoms in total. The van der Waals surface area contributed by atoms with E-state index in [1.807, 2.05) is 44.1 Å². The molecule has 110 valence electrons. The van der Waals surface area contributed by atoms with Gasteiger partial charge < -0.3 is 15.3 Å². The molecule has 1 amide bonds. The van der Waals surface area contributed by atoms with Gasteiger partial charge in [0.2, 0.25) is 5.91 Å². The van der Waals surface area contributed by atoms with Gasteiger partial charge in [0.25, 0.3) is 0 Å². The van der Waals surface area contributed by atoms with Gasteiger partial charge in [0.05, 0.1) is 12.0 Å². The molecule has 1 aromatic carbocycles. The van der Waals surface area contributed by atoms with Crippen molar-refractivity contribution < 1.29 is 9.90 Å². The second-order valence-corrected chi connectivity index (χ2v) is 6.05. The highest BCUT2D eigenvalue weighted by Crippen LogP contribution is 2.32. The molecule has 1 saturated carbocycles. The van der Waals surface area contributed by atoms with E-state index >= 15 is 0 Å². The number of hydrogen-bond donors (Lipinski definition) is 2. The smallest absolute Gasteiger partial charge is 0.227 e. The molecule has 1 fully saturated rings. The number of anilines is 2. The van der Waals surface area contributed by atoms with Crippen LogP contribution in [-0.4, -0.2) is 30.7 Å². The molecule has 2 rings (SSSR count). The lowest BCUT2D eigenvalue weighted by Gasteiger charge is -2.21. The minimum absolute atomic E-state index is 0.102. The van der Waals surface area contributed by atoms with E-state index in [4.69, 9.17) is 0 Å². The van der Waals surface area contributed by atoms with E-state index < -0.39 is 5.60 Å². The number of benzene rings is 1. The van der Waals surface area contributed by atoms with E-state index in [0.717, 1.165) is 42.6 Å². The van der Waals surface area contributed by atoms with Crippen LogP contribution < -0.4 is 10.2 Å². The predicted molar refractivity (Wildman–Crippen MR) is 82.2 cm³/mol. The molecule has 0 bridgehead atoms. The van der Waals surface area contributed by atoms with Crippen LogP contribution in [0.3, 0.4) is 0 Å². The maximum atomic E-state index is 12.1. The quantitative estimate of drug-likeness (QED) is 0.889. The van der Waals surface area contributed by atoms with Gasteiger partial charge in [0.1, 0.15) is 0 Å². The lowest BCUT2D eigenvalue weighted by molar-refractivity contribution is -0.120. The summed E-state index contributed by atoms with van der Waals surface area (Å²) in [5.74, 6) is -0.102. The first-order valence-corrected chi connectivity index (χ1v) is 7.20. The number of aliphatic hydroxyl groups is 1. The Bertz CT molecular complexity index is 491. The monoisotopic (exact) mass is 276 g/mol. The standard InChI is InChI=1S/C16H24N2O2/c1-12-10-13(18(2)3)6-7-14(12)17-15(19)11-16(20)8-4-5-9-16/h6-7,10,20H,4-5,8-9,11H2,1-3H3,(H,17,19). The maximum absolute atomic E-state index is 12.1. The van der Waals surface area contributed by atoms with Gasteiger partial charge >= 0.3 is 0 Å². The molecular formula is C16H24N2O2. The molecular weight excluding hydrogens is 252 g/mol. The zero-order chi connectivity index (χ0) is 14.8. The largest absolute Gasteiger partial charge is 0.389 e. The van der Waals surface area contributed by atoms with Crippen molar-refractivity contribution >= 4 is 17.3 Å². The molecule has 0 radical (unpaired) electrons. The Hall–Kier alpha value is -1.55. The van der Waals surface area contributed by atoms with Crippen LogP contribution in [-0.2, 0) is 4.79 Å². The average molecular weight is 276 g/mol. The van der Waals surface area contributed by atoms with Gasteiger partial charge in [-0.1, -0.05) is 12.8 Å². The molecule has 4 heteroatoms. The summed E-state index contributed by atoms with van der Waals surface area (Å²) in [5, 5.41) is 13.2. The van der Waals surface area contributed by atoms with Gasteiger partial charge in [-0.2, -0.15) is 0 Å². The average Bonchev–Trinajstić information content (AvgIpc) is 2.77.